The molecule has 132 valence electrons. The van der Waals surface area contributed by atoms with E-state index in [0.29, 0.717) is 23.5 Å². The molecule has 0 aliphatic heterocycles. The second kappa shape index (κ2) is 10.9. The molecule has 0 unspecified atom stereocenters. The molecule has 0 spiro atoms. The first-order valence-corrected chi connectivity index (χ1v) is 7.94. The number of para-hydroxylation sites is 2. The molecule has 0 fully saturated rings. The zero-order valence-corrected chi connectivity index (χ0v) is 14.2. The van der Waals surface area contributed by atoms with Crippen molar-refractivity contribution in [3.63, 3.8) is 0 Å². The molecule has 3 aromatic carbocycles. The molecule has 4 N–H and O–H groups in total. The van der Waals surface area contributed by atoms with Crippen molar-refractivity contribution in [2.75, 3.05) is 0 Å². The summed E-state index contributed by atoms with van der Waals surface area (Å²) in [5, 5.41) is 36.0. The molecule has 0 heterocycles. The number of aromatic hydroxyl groups is 2. The molecule has 3 rings (SSSR count). The highest BCUT2D eigenvalue weighted by molar-refractivity contribution is 5.20. The van der Waals surface area contributed by atoms with Gasteiger partial charge in [0, 0.05) is 12.0 Å². The van der Waals surface area contributed by atoms with Crippen LogP contribution in [0.2, 0.25) is 0 Å². The quantitative estimate of drug-likeness (QED) is 0.531. The van der Waals surface area contributed by atoms with E-state index in [0.717, 1.165) is 0 Å². The molecule has 0 aliphatic carbocycles. The normalized spacial score (nSPS) is 9.88. The van der Waals surface area contributed by atoms with E-state index in [1.165, 1.54) is 0 Å². The van der Waals surface area contributed by atoms with Gasteiger partial charge in [-0.3, -0.25) is 0 Å². The highest BCUT2D eigenvalue weighted by Crippen LogP contribution is 2.20. The van der Waals surface area contributed by atoms with Crippen molar-refractivity contribution in [3.05, 3.63) is 96.6 Å². The minimum absolute atomic E-state index is 0.303. The van der Waals surface area contributed by atoms with Crippen molar-refractivity contribution in [3.8, 4) is 11.5 Å². The molecular weight excluding hydrogens is 316 g/mol. The van der Waals surface area contributed by atoms with Crippen LogP contribution in [0.15, 0.2) is 91.0 Å². The van der Waals surface area contributed by atoms with E-state index in [4.69, 9.17) is 10.2 Å². The number of hydrogen-bond donors (Lipinski definition) is 4. The maximum Gasteiger partial charge on any atom is 0.189 e. The van der Waals surface area contributed by atoms with Crippen molar-refractivity contribution in [2.24, 2.45) is 0 Å². The molecule has 0 aliphatic rings. The molecule has 4 nitrogen and oxygen atoms in total. The summed E-state index contributed by atoms with van der Waals surface area (Å²) < 4.78 is 0. The first-order valence-electron chi connectivity index (χ1n) is 7.94. The lowest BCUT2D eigenvalue weighted by molar-refractivity contribution is -0.171. The Morgan fingerprint density at radius 1 is 0.600 bits per heavy atom. The number of benzene rings is 3. The Labute approximate surface area is 148 Å². The zero-order chi connectivity index (χ0) is 18.5. The third-order valence-electron chi connectivity index (χ3n) is 3.24. The Balaban J connectivity index is 0.000000195. The Morgan fingerprint density at radius 3 is 1.16 bits per heavy atom. The summed E-state index contributed by atoms with van der Waals surface area (Å²) in [4.78, 5) is 0. The highest BCUT2D eigenvalue weighted by Gasteiger charge is 2.21. The van der Waals surface area contributed by atoms with Gasteiger partial charge in [0.1, 0.15) is 11.5 Å². The molecule has 3 aromatic rings. The maximum atomic E-state index is 9.35. The second-order valence-corrected chi connectivity index (χ2v) is 5.21. The average Bonchev–Trinajstić information content (AvgIpc) is 2.65. The van der Waals surface area contributed by atoms with Crippen LogP contribution >= 0.6 is 0 Å². The molecule has 25 heavy (non-hydrogen) atoms. The summed E-state index contributed by atoms with van der Waals surface area (Å²) in [7, 11) is 0. The smallest absolute Gasteiger partial charge is 0.189 e. The summed E-state index contributed by atoms with van der Waals surface area (Å²) >= 11 is 0. The Kier molecular flexibility index (Phi) is 8.79. The number of rotatable bonds is 2. The van der Waals surface area contributed by atoms with Gasteiger partial charge in [-0.25, -0.2) is 0 Å². The number of phenols is 2. The van der Waals surface area contributed by atoms with Crippen LogP contribution < -0.4 is 0 Å². The average molecular weight is 340 g/mol. The summed E-state index contributed by atoms with van der Waals surface area (Å²) in [6.45, 7) is 1.73. The van der Waals surface area contributed by atoms with E-state index in [-0.39, 0.29) is 0 Å². The lowest BCUT2D eigenvalue weighted by atomic mass is 10.0. The van der Waals surface area contributed by atoms with E-state index in [2.05, 4.69) is 0 Å². The van der Waals surface area contributed by atoms with E-state index >= 15 is 0 Å². The van der Waals surface area contributed by atoms with Gasteiger partial charge in [-0.2, -0.15) is 0 Å². The fourth-order valence-electron chi connectivity index (χ4n) is 1.77. The van der Waals surface area contributed by atoms with Crippen molar-refractivity contribution in [1.29, 1.82) is 0 Å². The summed E-state index contributed by atoms with van der Waals surface area (Å²) in [6, 6.07) is 26.2. The molecule has 0 radical (unpaired) electrons. The van der Waals surface area contributed by atoms with Gasteiger partial charge in [0.05, 0.1) is 0 Å². The number of hydrogen-bond acceptors (Lipinski definition) is 4. The van der Waals surface area contributed by atoms with Crippen LogP contribution in [-0.2, 0) is 5.79 Å². The third kappa shape index (κ3) is 8.55. The fourth-order valence-corrected chi connectivity index (χ4v) is 1.77. The molecule has 0 atom stereocenters. The minimum atomic E-state index is -1.67. The molecule has 0 bridgehead atoms. The zero-order valence-electron chi connectivity index (χ0n) is 14.2. The van der Waals surface area contributed by atoms with Gasteiger partial charge in [0.2, 0.25) is 0 Å². The fraction of sp³-hybridized carbons (Fsp3) is 0.143. The lowest BCUT2D eigenvalue weighted by Crippen LogP contribution is -2.23. The highest BCUT2D eigenvalue weighted by atomic mass is 16.5. The van der Waals surface area contributed by atoms with E-state index in [1.54, 1.807) is 79.7 Å². The van der Waals surface area contributed by atoms with Crippen LogP contribution in [0.5, 0.6) is 11.5 Å². The predicted molar refractivity (Wildman–Crippen MR) is 99.1 cm³/mol. The first kappa shape index (κ1) is 20.2. The molecule has 0 aromatic heterocycles. The van der Waals surface area contributed by atoms with Crippen LogP contribution in [-0.4, -0.2) is 20.4 Å². The largest absolute Gasteiger partial charge is 0.508 e. The monoisotopic (exact) mass is 340 g/mol. The van der Waals surface area contributed by atoms with Crippen LogP contribution in [0.25, 0.3) is 0 Å². The second-order valence-electron chi connectivity index (χ2n) is 5.21. The Hall–Kier alpha value is -2.82. The van der Waals surface area contributed by atoms with E-state index in [1.807, 2.05) is 18.2 Å². The van der Waals surface area contributed by atoms with E-state index in [9.17, 15) is 10.2 Å². The van der Waals surface area contributed by atoms with Crippen molar-refractivity contribution < 1.29 is 20.4 Å². The topological polar surface area (TPSA) is 80.9 Å². The van der Waals surface area contributed by atoms with Gasteiger partial charge in [-0.15, -0.1) is 0 Å². The van der Waals surface area contributed by atoms with E-state index < -0.39 is 5.79 Å². The number of phenolic OH excluding ortho intramolecular Hbond substituents is 2. The third-order valence-corrected chi connectivity index (χ3v) is 3.24. The van der Waals surface area contributed by atoms with Gasteiger partial charge in [0.15, 0.2) is 5.79 Å². The van der Waals surface area contributed by atoms with Gasteiger partial charge < -0.3 is 20.4 Å². The Bertz CT molecular complexity index is 645. The minimum Gasteiger partial charge on any atom is -0.508 e. The van der Waals surface area contributed by atoms with Gasteiger partial charge >= 0.3 is 0 Å². The molecular formula is C21H24O4. The van der Waals surface area contributed by atoms with Gasteiger partial charge in [0.25, 0.3) is 0 Å². The van der Waals surface area contributed by atoms with Crippen LogP contribution in [0.3, 0.4) is 0 Å². The lowest BCUT2D eigenvalue weighted by Gasteiger charge is -2.19. The summed E-state index contributed by atoms with van der Waals surface area (Å²) in [5.41, 5.74) is 0.544. The van der Waals surface area contributed by atoms with Crippen LogP contribution in [0.1, 0.15) is 18.9 Å². The molecule has 0 amide bonds. The van der Waals surface area contributed by atoms with Crippen molar-refractivity contribution in [2.45, 2.75) is 19.1 Å². The standard InChI is InChI=1S/C9H12O2.2C6H6O/c1-2-9(10,11)8-6-4-3-5-7-8;2*7-6-4-2-1-3-5-6/h3-7,10-11H,2H2,1H3;2*1-5,7H. The predicted octanol–water partition coefficient (Wildman–Crippen LogP) is 4.02. The van der Waals surface area contributed by atoms with Gasteiger partial charge in [-0.1, -0.05) is 73.7 Å². The molecule has 4 heteroatoms. The molecule has 0 saturated heterocycles. The van der Waals surface area contributed by atoms with Crippen LogP contribution in [0.4, 0.5) is 0 Å². The van der Waals surface area contributed by atoms with Gasteiger partial charge in [-0.05, 0) is 24.3 Å². The maximum absolute atomic E-state index is 9.35. The van der Waals surface area contributed by atoms with Crippen molar-refractivity contribution >= 4 is 0 Å². The first-order chi connectivity index (χ1) is 12.0. The Morgan fingerprint density at radius 2 is 0.920 bits per heavy atom. The SMILES string of the molecule is CCC(O)(O)c1ccccc1.Oc1ccccc1.Oc1ccccc1. The van der Waals surface area contributed by atoms with Crippen molar-refractivity contribution in [1.82, 2.24) is 0 Å². The van der Waals surface area contributed by atoms with Crippen LogP contribution in [0, 0.1) is 0 Å². The number of aliphatic hydroxyl groups is 2. The summed E-state index contributed by atoms with van der Waals surface area (Å²) in [5.74, 6) is -1.02. The summed E-state index contributed by atoms with van der Waals surface area (Å²) in [6.07, 6.45) is 0.303. The molecule has 0 saturated carbocycles.